The van der Waals surface area contributed by atoms with Crippen LogP contribution in [0.25, 0.3) is 10.2 Å². The molecular weight excluding hydrogens is 352 g/mol. The number of aryl methyl sites for hydroxylation is 1. The van der Waals surface area contributed by atoms with Crippen molar-refractivity contribution in [2.24, 2.45) is 0 Å². The fourth-order valence-corrected chi connectivity index (χ4v) is 4.97. The van der Waals surface area contributed by atoms with Gasteiger partial charge in [0.25, 0.3) is 0 Å². The molecule has 25 heavy (non-hydrogen) atoms. The Hall–Kier alpha value is -1.33. The molecule has 1 aliphatic heterocycles. The predicted molar refractivity (Wildman–Crippen MR) is 106 cm³/mol. The second-order valence-corrected chi connectivity index (χ2v) is 8.22. The van der Waals surface area contributed by atoms with Crippen LogP contribution in [-0.4, -0.2) is 42.3 Å². The topological polar surface area (TPSA) is 17.4 Å². The molecule has 0 atom stereocenters. The number of benzene rings is 1. The molecule has 0 bridgehead atoms. The van der Waals surface area contributed by atoms with Crippen LogP contribution in [0.2, 0.25) is 5.02 Å². The highest BCUT2D eigenvalue weighted by atomic mass is 35.5. The van der Waals surface area contributed by atoms with Gasteiger partial charge in [-0.25, -0.2) is 0 Å². The molecule has 1 saturated heterocycles. The van der Waals surface area contributed by atoms with Crippen molar-refractivity contribution in [3.63, 3.8) is 0 Å². The standard InChI is InChI=1S/C20H23ClN2OS/c1-15-11-17-14-19(13-16-3-2-4-18(21)12-16)25-20(17)23(15)6-5-22-7-9-24-10-8-22/h2-4,11-12,14H,5-10,13H2,1H3. The van der Waals surface area contributed by atoms with E-state index in [1.807, 2.05) is 23.5 Å². The van der Waals surface area contributed by atoms with Gasteiger partial charge >= 0.3 is 0 Å². The highest BCUT2D eigenvalue weighted by Crippen LogP contribution is 2.30. The van der Waals surface area contributed by atoms with E-state index in [0.717, 1.165) is 50.8 Å². The molecule has 1 fully saturated rings. The fourth-order valence-electron chi connectivity index (χ4n) is 3.50. The van der Waals surface area contributed by atoms with Crippen molar-refractivity contribution in [2.45, 2.75) is 19.9 Å². The van der Waals surface area contributed by atoms with Gasteiger partial charge in [0.2, 0.25) is 0 Å². The number of nitrogens with zero attached hydrogens (tertiary/aromatic N) is 2. The van der Waals surface area contributed by atoms with Crippen molar-refractivity contribution in [1.29, 1.82) is 0 Å². The summed E-state index contributed by atoms with van der Waals surface area (Å²) >= 11 is 8.02. The van der Waals surface area contributed by atoms with Gasteiger partial charge in [-0.2, -0.15) is 0 Å². The summed E-state index contributed by atoms with van der Waals surface area (Å²) in [6, 6.07) is 12.8. The molecule has 5 heteroatoms. The number of halogens is 1. The first kappa shape index (κ1) is 17.1. The molecule has 0 radical (unpaired) electrons. The molecule has 0 unspecified atom stereocenters. The van der Waals surface area contributed by atoms with Crippen LogP contribution in [0, 0.1) is 6.92 Å². The number of ether oxygens (including phenoxy) is 1. The molecule has 3 nitrogen and oxygen atoms in total. The van der Waals surface area contributed by atoms with Crippen LogP contribution in [-0.2, 0) is 17.7 Å². The number of thiophene rings is 1. The van der Waals surface area contributed by atoms with E-state index in [4.69, 9.17) is 16.3 Å². The third-order valence-electron chi connectivity index (χ3n) is 4.84. The normalized spacial score (nSPS) is 15.9. The molecule has 0 aliphatic carbocycles. The van der Waals surface area contributed by atoms with Gasteiger partial charge in [-0.3, -0.25) is 4.90 Å². The third-order valence-corrected chi connectivity index (χ3v) is 6.25. The van der Waals surface area contributed by atoms with Crippen molar-refractivity contribution < 1.29 is 4.74 Å². The first-order valence-corrected chi connectivity index (χ1v) is 10.0. The average Bonchev–Trinajstić information content (AvgIpc) is 3.10. The van der Waals surface area contributed by atoms with E-state index in [1.54, 1.807) is 0 Å². The monoisotopic (exact) mass is 374 g/mol. The zero-order chi connectivity index (χ0) is 17.2. The molecule has 0 amide bonds. The summed E-state index contributed by atoms with van der Waals surface area (Å²) in [6.07, 6.45) is 0.947. The molecule has 132 valence electrons. The smallest absolute Gasteiger partial charge is 0.103 e. The second kappa shape index (κ2) is 7.50. The summed E-state index contributed by atoms with van der Waals surface area (Å²) in [4.78, 5) is 5.28. The van der Waals surface area contributed by atoms with Gasteiger partial charge in [-0.15, -0.1) is 11.3 Å². The summed E-state index contributed by atoms with van der Waals surface area (Å²) < 4.78 is 7.91. The highest BCUT2D eigenvalue weighted by Gasteiger charge is 2.14. The molecule has 4 rings (SSSR count). The first-order chi connectivity index (χ1) is 12.2. The summed E-state index contributed by atoms with van der Waals surface area (Å²) in [5.74, 6) is 0. The van der Waals surface area contributed by atoms with E-state index in [2.05, 4.69) is 40.7 Å². The van der Waals surface area contributed by atoms with E-state index in [9.17, 15) is 0 Å². The van der Waals surface area contributed by atoms with E-state index in [0.29, 0.717) is 0 Å². The van der Waals surface area contributed by atoms with Gasteiger partial charge in [-0.05, 0) is 36.8 Å². The molecule has 0 spiro atoms. The number of morpholine rings is 1. The maximum atomic E-state index is 6.12. The van der Waals surface area contributed by atoms with Gasteiger partial charge in [0.1, 0.15) is 4.83 Å². The van der Waals surface area contributed by atoms with Gasteiger partial charge in [-0.1, -0.05) is 23.7 Å². The molecule has 2 aromatic heterocycles. The number of fused-ring (bicyclic) bond motifs is 1. The first-order valence-electron chi connectivity index (χ1n) is 8.82. The highest BCUT2D eigenvalue weighted by molar-refractivity contribution is 7.18. The minimum atomic E-state index is 0.810. The lowest BCUT2D eigenvalue weighted by atomic mass is 10.1. The molecular formula is C20H23ClN2OS. The second-order valence-electron chi connectivity index (χ2n) is 6.67. The van der Waals surface area contributed by atoms with Crippen LogP contribution in [0.5, 0.6) is 0 Å². The summed E-state index contributed by atoms with van der Waals surface area (Å²) in [5, 5.41) is 2.17. The van der Waals surface area contributed by atoms with E-state index >= 15 is 0 Å². The van der Waals surface area contributed by atoms with Crippen molar-refractivity contribution >= 4 is 33.2 Å². The number of rotatable bonds is 5. The fraction of sp³-hybridized carbons (Fsp3) is 0.400. The molecule has 1 aliphatic rings. The third kappa shape index (κ3) is 3.93. The average molecular weight is 375 g/mol. The van der Waals surface area contributed by atoms with Crippen LogP contribution < -0.4 is 0 Å². The Balaban J connectivity index is 1.51. The van der Waals surface area contributed by atoms with Crippen molar-refractivity contribution in [1.82, 2.24) is 9.47 Å². The number of aromatic nitrogens is 1. The van der Waals surface area contributed by atoms with Gasteiger partial charge < -0.3 is 9.30 Å². The minimum Gasteiger partial charge on any atom is -0.379 e. The maximum Gasteiger partial charge on any atom is 0.103 e. The SMILES string of the molecule is Cc1cc2cc(Cc3cccc(Cl)c3)sc2n1CCN1CCOCC1. The van der Waals surface area contributed by atoms with Crippen molar-refractivity contribution in [3.05, 3.63) is 57.6 Å². The largest absolute Gasteiger partial charge is 0.379 e. The maximum absolute atomic E-state index is 6.12. The van der Waals surface area contributed by atoms with E-state index < -0.39 is 0 Å². The molecule has 0 saturated carbocycles. The molecule has 3 aromatic rings. The number of hydrogen-bond acceptors (Lipinski definition) is 3. The lowest BCUT2D eigenvalue weighted by Crippen LogP contribution is -2.38. The Morgan fingerprint density at radius 3 is 2.76 bits per heavy atom. The van der Waals surface area contributed by atoms with Crippen LogP contribution in [0.15, 0.2) is 36.4 Å². The van der Waals surface area contributed by atoms with Gasteiger partial charge in [0, 0.05) is 53.6 Å². The summed E-state index contributed by atoms with van der Waals surface area (Å²) in [7, 11) is 0. The van der Waals surface area contributed by atoms with Crippen molar-refractivity contribution in [2.75, 3.05) is 32.8 Å². The Morgan fingerprint density at radius 2 is 1.96 bits per heavy atom. The van der Waals surface area contributed by atoms with Crippen LogP contribution in [0.4, 0.5) is 0 Å². The van der Waals surface area contributed by atoms with E-state index in [-0.39, 0.29) is 0 Å². The quantitative estimate of drug-likeness (QED) is 0.650. The molecule has 0 N–H and O–H groups in total. The predicted octanol–water partition coefficient (Wildman–Crippen LogP) is 4.59. The van der Waals surface area contributed by atoms with Crippen LogP contribution >= 0.6 is 22.9 Å². The lowest BCUT2D eigenvalue weighted by Gasteiger charge is -2.26. The zero-order valence-electron chi connectivity index (χ0n) is 14.5. The number of hydrogen-bond donors (Lipinski definition) is 0. The Kier molecular flexibility index (Phi) is 5.13. The van der Waals surface area contributed by atoms with Gasteiger partial charge in [0.05, 0.1) is 13.2 Å². The molecule has 1 aromatic carbocycles. The summed E-state index contributed by atoms with van der Waals surface area (Å²) in [5.41, 5.74) is 2.62. The molecule has 3 heterocycles. The van der Waals surface area contributed by atoms with Crippen LogP contribution in [0.1, 0.15) is 16.1 Å². The summed E-state index contributed by atoms with van der Waals surface area (Å²) in [6.45, 7) is 8.18. The Labute approximate surface area is 157 Å². The lowest BCUT2D eigenvalue weighted by molar-refractivity contribution is 0.0365. The van der Waals surface area contributed by atoms with Crippen LogP contribution in [0.3, 0.4) is 0 Å². The minimum absolute atomic E-state index is 0.810. The van der Waals surface area contributed by atoms with E-state index in [1.165, 1.54) is 26.4 Å². The Bertz CT molecular complexity index is 864. The van der Waals surface area contributed by atoms with Gasteiger partial charge in [0.15, 0.2) is 0 Å². The zero-order valence-corrected chi connectivity index (χ0v) is 16.1. The van der Waals surface area contributed by atoms with Crippen molar-refractivity contribution in [3.8, 4) is 0 Å². The Morgan fingerprint density at radius 1 is 1.12 bits per heavy atom.